The minimum Gasteiger partial charge on any atom is -0.441 e. The Morgan fingerprint density at radius 3 is 2.91 bits per heavy atom. The Bertz CT molecular complexity index is 659. The van der Waals surface area contributed by atoms with E-state index in [2.05, 4.69) is 4.98 Å². The number of rotatable bonds is 4. The first-order valence-corrected chi connectivity index (χ1v) is 8.23. The molecular weight excluding hydrogens is 292 g/mol. The van der Waals surface area contributed by atoms with Gasteiger partial charge in [-0.2, -0.15) is 0 Å². The highest BCUT2D eigenvalue weighted by Gasteiger charge is 2.33. The molecule has 5 nitrogen and oxygen atoms in total. The molecule has 1 saturated heterocycles. The average molecular weight is 316 g/mol. The molecule has 0 bridgehead atoms. The number of nitrogens with zero attached hydrogens (tertiary/aromatic N) is 2. The van der Waals surface area contributed by atoms with Crippen LogP contribution in [-0.2, 0) is 16.0 Å². The van der Waals surface area contributed by atoms with Crippen LogP contribution in [0.2, 0.25) is 0 Å². The van der Waals surface area contributed by atoms with Crippen LogP contribution in [0.15, 0.2) is 28.7 Å². The Balaban J connectivity index is 1.52. The van der Waals surface area contributed by atoms with E-state index < -0.39 is 0 Å². The molecule has 1 fully saturated rings. The normalized spacial score (nSPS) is 20.8. The van der Waals surface area contributed by atoms with Crippen LogP contribution in [0.3, 0.4) is 0 Å². The second-order valence-electron chi connectivity index (χ2n) is 6.89. The largest absolute Gasteiger partial charge is 0.441 e. The van der Waals surface area contributed by atoms with Gasteiger partial charge in [0.05, 0.1) is 11.7 Å². The molecule has 1 atom stereocenters. The summed E-state index contributed by atoms with van der Waals surface area (Å²) in [5.41, 5.74) is 1.41. The Morgan fingerprint density at radius 1 is 1.39 bits per heavy atom. The van der Waals surface area contributed by atoms with Gasteiger partial charge in [-0.3, -0.25) is 4.79 Å². The number of para-hydroxylation sites is 2. The number of amides is 1. The maximum absolute atomic E-state index is 12.4. The molecule has 23 heavy (non-hydrogen) atoms. The van der Waals surface area contributed by atoms with Crippen LogP contribution in [0, 0.1) is 0 Å². The van der Waals surface area contributed by atoms with E-state index in [9.17, 15) is 4.79 Å². The predicted octanol–water partition coefficient (Wildman–Crippen LogP) is 3.18. The number of carbonyl (C=O) groups excluding carboxylic acids is 1. The van der Waals surface area contributed by atoms with Crippen LogP contribution >= 0.6 is 0 Å². The summed E-state index contributed by atoms with van der Waals surface area (Å²) in [7, 11) is 0. The SMILES string of the molecule is C[C@H]1CN(C(=O)CCCc2nc3ccccc3o2)CC(C)(C)O1. The molecule has 0 spiro atoms. The van der Waals surface area contributed by atoms with E-state index in [0.717, 1.165) is 17.5 Å². The summed E-state index contributed by atoms with van der Waals surface area (Å²) in [5.74, 6) is 0.888. The number of fused-ring (bicyclic) bond motifs is 1. The van der Waals surface area contributed by atoms with Gasteiger partial charge in [-0.25, -0.2) is 4.98 Å². The molecule has 1 amide bonds. The average Bonchev–Trinajstić information content (AvgIpc) is 2.87. The van der Waals surface area contributed by atoms with Gasteiger partial charge in [0.15, 0.2) is 11.5 Å². The van der Waals surface area contributed by atoms with Crippen LogP contribution in [0.25, 0.3) is 11.1 Å². The number of oxazole rings is 1. The number of carbonyl (C=O) groups is 1. The second kappa shape index (κ2) is 6.32. The van der Waals surface area contributed by atoms with Crippen LogP contribution < -0.4 is 0 Å². The van der Waals surface area contributed by atoms with Gasteiger partial charge >= 0.3 is 0 Å². The van der Waals surface area contributed by atoms with Crippen molar-refractivity contribution >= 4 is 17.0 Å². The number of ether oxygens (including phenoxy) is 1. The van der Waals surface area contributed by atoms with Crippen molar-refractivity contribution in [1.29, 1.82) is 0 Å². The Labute approximate surface area is 136 Å². The van der Waals surface area contributed by atoms with E-state index in [0.29, 0.717) is 31.8 Å². The minimum absolute atomic E-state index is 0.0831. The van der Waals surface area contributed by atoms with Crippen LogP contribution in [0.4, 0.5) is 0 Å². The van der Waals surface area contributed by atoms with Crippen molar-refractivity contribution in [2.75, 3.05) is 13.1 Å². The molecule has 1 aromatic carbocycles. The molecule has 2 heterocycles. The zero-order valence-corrected chi connectivity index (χ0v) is 14.0. The van der Waals surface area contributed by atoms with Gasteiger partial charge in [-0.05, 0) is 39.3 Å². The van der Waals surface area contributed by atoms with E-state index in [1.165, 1.54) is 0 Å². The standard InChI is InChI=1S/C18H24N2O3/c1-13-11-20(12-18(2,3)23-13)17(21)10-6-9-16-19-14-7-4-5-8-15(14)22-16/h4-5,7-8,13H,6,9-12H2,1-3H3/t13-/m0/s1. The van der Waals surface area contributed by atoms with Crippen LogP contribution in [0.5, 0.6) is 0 Å². The van der Waals surface area contributed by atoms with Crippen molar-refractivity contribution in [3.63, 3.8) is 0 Å². The Morgan fingerprint density at radius 2 is 2.17 bits per heavy atom. The molecule has 3 rings (SSSR count). The van der Waals surface area contributed by atoms with Gasteiger partial charge < -0.3 is 14.1 Å². The lowest BCUT2D eigenvalue weighted by atomic mass is 10.0. The van der Waals surface area contributed by atoms with Gasteiger partial charge in [-0.15, -0.1) is 0 Å². The predicted molar refractivity (Wildman–Crippen MR) is 88.2 cm³/mol. The van der Waals surface area contributed by atoms with E-state index in [-0.39, 0.29) is 17.6 Å². The fourth-order valence-corrected chi connectivity index (χ4v) is 3.22. The third kappa shape index (κ3) is 3.91. The fourth-order valence-electron chi connectivity index (χ4n) is 3.22. The van der Waals surface area contributed by atoms with Crippen LogP contribution in [-0.4, -0.2) is 40.6 Å². The van der Waals surface area contributed by atoms with Crippen molar-refractivity contribution in [2.24, 2.45) is 0 Å². The number of hydrogen-bond acceptors (Lipinski definition) is 4. The molecule has 0 radical (unpaired) electrons. The molecule has 1 aromatic heterocycles. The fraction of sp³-hybridized carbons (Fsp3) is 0.556. The molecular formula is C18H24N2O3. The lowest BCUT2D eigenvalue weighted by Crippen LogP contribution is -2.53. The zero-order chi connectivity index (χ0) is 16.4. The first-order chi connectivity index (χ1) is 10.9. The summed E-state index contributed by atoms with van der Waals surface area (Å²) in [6.45, 7) is 7.40. The minimum atomic E-state index is -0.270. The summed E-state index contributed by atoms with van der Waals surface area (Å²) in [4.78, 5) is 18.8. The number of benzene rings is 1. The zero-order valence-electron chi connectivity index (χ0n) is 14.0. The van der Waals surface area contributed by atoms with Gasteiger partial charge in [0, 0.05) is 25.9 Å². The van der Waals surface area contributed by atoms with Crippen molar-refractivity contribution in [2.45, 2.75) is 51.7 Å². The Kier molecular flexibility index (Phi) is 4.39. The molecule has 124 valence electrons. The highest BCUT2D eigenvalue weighted by Crippen LogP contribution is 2.22. The smallest absolute Gasteiger partial charge is 0.222 e. The summed E-state index contributed by atoms with van der Waals surface area (Å²) in [5, 5.41) is 0. The molecule has 0 unspecified atom stereocenters. The summed E-state index contributed by atoms with van der Waals surface area (Å²) in [6.07, 6.45) is 2.03. The molecule has 5 heteroatoms. The number of aryl methyl sites for hydroxylation is 1. The van der Waals surface area contributed by atoms with E-state index >= 15 is 0 Å². The first kappa shape index (κ1) is 16.0. The lowest BCUT2D eigenvalue weighted by molar-refractivity contribution is -0.158. The highest BCUT2D eigenvalue weighted by atomic mass is 16.5. The van der Waals surface area contributed by atoms with Gasteiger partial charge in [0.2, 0.25) is 5.91 Å². The Hall–Kier alpha value is -1.88. The molecule has 1 aliphatic rings. The summed E-state index contributed by atoms with van der Waals surface area (Å²) < 4.78 is 11.5. The van der Waals surface area contributed by atoms with Crippen LogP contribution in [0.1, 0.15) is 39.5 Å². The second-order valence-corrected chi connectivity index (χ2v) is 6.89. The molecule has 1 aliphatic heterocycles. The van der Waals surface area contributed by atoms with Crippen molar-refractivity contribution in [3.05, 3.63) is 30.2 Å². The molecule has 0 aliphatic carbocycles. The monoisotopic (exact) mass is 316 g/mol. The number of hydrogen-bond donors (Lipinski definition) is 0. The maximum Gasteiger partial charge on any atom is 0.222 e. The van der Waals surface area contributed by atoms with Crippen molar-refractivity contribution in [1.82, 2.24) is 9.88 Å². The topological polar surface area (TPSA) is 55.6 Å². The van der Waals surface area contributed by atoms with Gasteiger partial charge in [0.1, 0.15) is 5.52 Å². The lowest BCUT2D eigenvalue weighted by Gasteiger charge is -2.41. The van der Waals surface area contributed by atoms with E-state index in [1.807, 2.05) is 49.9 Å². The molecule has 0 saturated carbocycles. The number of morpholine rings is 1. The van der Waals surface area contributed by atoms with Gasteiger partial charge in [0.25, 0.3) is 0 Å². The van der Waals surface area contributed by atoms with E-state index in [4.69, 9.17) is 9.15 Å². The van der Waals surface area contributed by atoms with E-state index in [1.54, 1.807) is 0 Å². The van der Waals surface area contributed by atoms with Crippen molar-refractivity contribution in [3.8, 4) is 0 Å². The van der Waals surface area contributed by atoms with Crippen molar-refractivity contribution < 1.29 is 13.9 Å². The molecule has 0 N–H and O–H groups in total. The summed E-state index contributed by atoms with van der Waals surface area (Å²) in [6, 6.07) is 7.72. The molecule has 2 aromatic rings. The maximum atomic E-state index is 12.4. The third-order valence-corrected chi connectivity index (χ3v) is 4.04. The highest BCUT2D eigenvalue weighted by molar-refractivity contribution is 5.76. The number of aromatic nitrogens is 1. The third-order valence-electron chi connectivity index (χ3n) is 4.04. The first-order valence-electron chi connectivity index (χ1n) is 8.23. The summed E-state index contributed by atoms with van der Waals surface area (Å²) >= 11 is 0. The quantitative estimate of drug-likeness (QED) is 0.869. The van der Waals surface area contributed by atoms with Gasteiger partial charge in [-0.1, -0.05) is 12.1 Å².